The molecule has 6 nitrogen and oxygen atoms in total. The van der Waals surface area contributed by atoms with Crippen molar-refractivity contribution in [2.24, 2.45) is 0 Å². The minimum atomic E-state index is -3.77. The van der Waals surface area contributed by atoms with Gasteiger partial charge in [-0.15, -0.1) is 0 Å². The predicted molar refractivity (Wildman–Crippen MR) is 72.4 cm³/mol. The van der Waals surface area contributed by atoms with Gasteiger partial charge in [-0.05, 0) is 31.0 Å². The molecule has 1 aliphatic carbocycles. The Bertz CT molecular complexity index is 627. The van der Waals surface area contributed by atoms with Gasteiger partial charge in [0.15, 0.2) is 0 Å². The summed E-state index contributed by atoms with van der Waals surface area (Å²) in [6.07, 6.45) is 1.53. The number of aliphatic hydroxyl groups is 1. The van der Waals surface area contributed by atoms with E-state index in [0.29, 0.717) is 0 Å². The lowest BCUT2D eigenvalue weighted by Crippen LogP contribution is -2.35. The fourth-order valence-electron chi connectivity index (χ4n) is 1.93. The van der Waals surface area contributed by atoms with Gasteiger partial charge in [-0.25, -0.2) is 13.2 Å². The normalized spacial score (nSPS) is 15.6. The smallest absolute Gasteiger partial charge is 0.337 e. The number of rotatable bonds is 6. The summed E-state index contributed by atoms with van der Waals surface area (Å²) < 4.78 is 26.1. The molecule has 0 heterocycles. The van der Waals surface area contributed by atoms with E-state index in [-0.39, 0.29) is 34.7 Å². The third-order valence-electron chi connectivity index (χ3n) is 3.05. The molecule has 0 atom stereocenters. The van der Waals surface area contributed by atoms with Crippen LogP contribution in [-0.4, -0.2) is 48.1 Å². The van der Waals surface area contributed by atoms with Gasteiger partial charge in [-0.1, -0.05) is 11.6 Å². The average Bonchev–Trinajstić information content (AvgIpc) is 3.19. The van der Waals surface area contributed by atoms with E-state index < -0.39 is 16.0 Å². The van der Waals surface area contributed by atoms with Crippen molar-refractivity contribution < 1.29 is 23.4 Å². The number of sulfonamides is 1. The molecule has 0 amide bonds. The van der Waals surface area contributed by atoms with Crippen LogP contribution in [0.3, 0.4) is 0 Å². The zero-order valence-corrected chi connectivity index (χ0v) is 12.1. The number of carboxylic acid groups (broad SMARTS) is 1. The third kappa shape index (κ3) is 2.95. The van der Waals surface area contributed by atoms with Gasteiger partial charge >= 0.3 is 5.97 Å². The summed E-state index contributed by atoms with van der Waals surface area (Å²) in [6.45, 7) is -0.248. The van der Waals surface area contributed by atoms with E-state index in [2.05, 4.69) is 0 Å². The van der Waals surface area contributed by atoms with E-state index in [4.69, 9.17) is 21.8 Å². The largest absolute Gasteiger partial charge is 0.478 e. The van der Waals surface area contributed by atoms with Crippen molar-refractivity contribution in [2.75, 3.05) is 13.2 Å². The lowest BCUT2D eigenvalue weighted by atomic mass is 10.2. The van der Waals surface area contributed by atoms with Gasteiger partial charge in [-0.2, -0.15) is 4.31 Å². The van der Waals surface area contributed by atoms with Gasteiger partial charge in [0.05, 0.1) is 22.1 Å². The van der Waals surface area contributed by atoms with Crippen LogP contribution in [0.1, 0.15) is 23.2 Å². The molecule has 0 bridgehead atoms. The maximum atomic E-state index is 12.4. The molecule has 1 aromatic rings. The van der Waals surface area contributed by atoms with Crippen LogP contribution in [0.15, 0.2) is 23.1 Å². The number of carboxylic acids is 1. The molecule has 0 spiro atoms. The molecule has 8 heteroatoms. The summed E-state index contributed by atoms with van der Waals surface area (Å²) in [5.41, 5.74) is -0.147. The van der Waals surface area contributed by atoms with Gasteiger partial charge in [0.1, 0.15) is 0 Å². The molecule has 2 rings (SSSR count). The Morgan fingerprint density at radius 1 is 1.40 bits per heavy atom. The van der Waals surface area contributed by atoms with Crippen LogP contribution in [0.25, 0.3) is 0 Å². The molecular formula is C12H14ClNO5S. The van der Waals surface area contributed by atoms with Crippen LogP contribution in [0, 0.1) is 0 Å². The third-order valence-corrected chi connectivity index (χ3v) is 5.31. The van der Waals surface area contributed by atoms with Crippen molar-refractivity contribution >= 4 is 27.6 Å². The van der Waals surface area contributed by atoms with E-state index in [1.807, 2.05) is 0 Å². The molecule has 0 radical (unpaired) electrons. The van der Waals surface area contributed by atoms with Gasteiger partial charge in [0.25, 0.3) is 0 Å². The number of hydrogen-bond acceptors (Lipinski definition) is 4. The summed E-state index contributed by atoms with van der Waals surface area (Å²) in [5, 5.41) is 17.7. The first-order chi connectivity index (χ1) is 9.37. The second-order valence-corrected chi connectivity index (χ2v) is 6.82. The predicted octanol–water partition coefficient (Wildman–Crippen LogP) is 1.18. The number of carbonyl (C=O) groups is 1. The van der Waals surface area contributed by atoms with Crippen molar-refractivity contribution in [1.29, 1.82) is 0 Å². The number of benzene rings is 1. The molecule has 2 N–H and O–H groups in total. The standard InChI is InChI=1S/C12H14ClNO5S/c13-11-7-9(3-4-10(11)12(16)17)20(18,19)14(5-6-15)8-1-2-8/h3-4,7-8,15H,1-2,5-6H2,(H,16,17). The number of aromatic carboxylic acids is 1. The highest BCUT2D eigenvalue weighted by Crippen LogP contribution is 2.32. The topological polar surface area (TPSA) is 94.9 Å². The van der Waals surface area contributed by atoms with E-state index in [1.165, 1.54) is 16.4 Å². The lowest BCUT2D eigenvalue weighted by molar-refractivity contribution is 0.0697. The zero-order valence-electron chi connectivity index (χ0n) is 10.5. The summed E-state index contributed by atoms with van der Waals surface area (Å²) in [4.78, 5) is 10.8. The Balaban J connectivity index is 2.38. The fourth-order valence-corrected chi connectivity index (χ4v) is 3.95. The highest BCUT2D eigenvalue weighted by molar-refractivity contribution is 7.89. The van der Waals surface area contributed by atoms with Gasteiger partial charge in [0.2, 0.25) is 10.0 Å². The van der Waals surface area contributed by atoms with Gasteiger partial charge in [-0.3, -0.25) is 0 Å². The van der Waals surface area contributed by atoms with E-state index in [9.17, 15) is 13.2 Å². The van der Waals surface area contributed by atoms with Crippen molar-refractivity contribution in [3.8, 4) is 0 Å². The lowest BCUT2D eigenvalue weighted by Gasteiger charge is -2.21. The molecule has 1 aromatic carbocycles. The quantitative estimate of drug-likeness (QED) is 0.821. The first-order valence-corrected chi connectivity index (χ1v) is 7.85. The summed E-state index contributed by atoms with van der Waals surface area (Å²) in [6, 6.07) is 3.43. The minimum absolute atomic E-state index is 0.0191. The minimum Gasteiger partial charge on any atom is -0.478 e. The highest BCUT2D eigenvalue weighted by atomic mass is 35.5. The van der Waals surface area contributed by atoms with Crippen LogP contribution < -0.4 is 0 Å². The first-order valence-electron chi connectivity index (χ1n) is 6.03. The molecule has 0 aromatic heterocycles. The van der Waals surface area contributed by atoms with Gasteiger partial charge < -0.3 is 10.2 Å². The monoisotopic (exact) mass is 319 g/mol. The summed E-state index contributed by atoms with van der Waals surface area (Å²) in [5.74, 6) is -1.21. The van der Waals surface area contributed by atoms with Crippen LogP contribution in [0.4, 0.5) is 0 Å². The maximum absolute atomic E-state index is 12.4. The molecule has 0 saturated heterocycles. The first kappa shape index (κ1) is 15.2. The number of hydrogen-bond donors (Lipinski definition) is 2. The van der Waals surface area contributed by atoms with Gasteiger partial charge in [0, 0.05) is 12.6 Å². The van der Waals surface area contributed by atoms with Crippen molar-refractivity contribution in [3.05, 3.63) is 28.8 Å². The molecule has 1 fully saturated rings. The molecular weight excluding hydrogens is 306 g/mol. The Morgan fingerprint density at radius 3 is 2.50 bits per heavy atom. The SMILES string of the molecule is O=C(O)c1ccc(S(=O)(=O)N(CCO)C2CC2)cc1Cl. The second kappa shape index (κ2) is 5.69. The van der Waals surface area contributed by atoms with E-state index >= 15 is 0 Å². The van der Waals surface area contributed by atoms with Crippen LogP contribution >= 0.6 is 11.6 Å². The van der Waals surface area contributed by atoms with Crippen LogP contribution in [0.5, 0.6) is 0 Å². The molecule has 0 aliphatic heterocycles. The van der Waals surface area contributed by atoms with E-state index in [0.717, 1.165) is 18.9 Å². The Labute approximate surface area is 121 Å². The Morgan fingerprint density at radius 2 is 2.05 bits per heavy atom. The molecule has 110 valence electrons. The Hall–Kier alpha value is -1.15. The van der Waals surface area contributed by atoms with Crippen molar-refractivity contribution in [2.45, 2.75) is 23.8 Å². The maximum Gasteiger partial charge on any atom is 0.337 e. The highest BCUT2D eigenvalue weighted by Gasteiger charge is 2.37. The summed E-state index contributed by atoms with van der Waals surface area (Å²) >= 11 is 5.79. The Kier molecular flexibility index (Phi) is 4.33. The average molecular weight is 320 g/mol. The number of aliphatic hydroxyl groups excluding tert-OH is 1. The fraction of sp³-hybridized carbons (Fsp3) is 0.417. The summed E-state index contributed by atoms with van der Waals surface area (Å²) in [7, 11) is -3.77. The molecule has 1 aliphatic rings. The molecule has 20 heavy (non-hydrogen) atoms. The number of halogens is 1. The van der Waals surface area contributed by atoms with Crippen LogP contribution in [0.2, 0.25) is 5.02 Å². The van der Waals surface area contributed by atoms with Crippen LogP contribution in [-0.2, 0) is 10.0 Å². The number of nitrogens with zero attached hydrogens (tertiary/aromatic N) is 1. The zero-order chi connectivity index (χ0) is 14.9. The van der Waals surface area contributed by atoms with Crippen molar-refractivity contribution in [3.63, 3.8) is 0 Å². The second-order valence-electron chi connectivity index (χ2n) is 4.52. The molecule has 0 unspecified atom stereocenters. The van der Waals surface area contributed by atoms with Crippen molar-refractivity contribution in [1.82, 2.24) is 4.31 Å². The van der Waals surface area contributed by atoms with E-state index in [1.54, 1.807) is 0 Å². The molecule has 1 saturated carbocycles.